The Bertz CT molecular complexity index is 885. The van der Waals surface area contributed by atoms with Gasteiger partial charge in [0.2, 0.25) is 0 Å². The van der Waals surface area contributed by atoms with Crippen molar-refractivity contribution in [3.8, 4) is 0 Å². The van der Waals surface area contributed by atoms with Crippen LogP contribution in [0.1, 0.15) is 47.9 Å². The monoisotopic (exact) mass is 386 g/mol. The number of aryl methyl sites for hydroxylation is 2. The molecule has 0 aromatic heterocycles. The third kappa shape index (κ3) is 5.18. The molecule has 3 nitrogen and oxygen atoms in total. The number of hydrogen-bond acceptors (Lipinski definition) is 2. The first-order chi connectivity index (χ1) is 13.4. The van der Waals surface area contributed by atoms with Crippen molar-refractivity contribution in [2.24, 2.45) is 0 Å². The molecule has 0 aliphatic heterocycles. The van der Waals surface area contributed by atoms with Crippen LogP contribution >= 0.6 is 0 Å². The van der Waals surface area contributed by atoms with Crippen LogP contribution in [0.4, 0.5) is 8.78 Å². The SMILES string of the molecule is Cc1cc(COC2=C(Cc3ccc(F)cc3)CCC2)c(F)cc1CCC(=O)O. The molecule has 0 spiro atoms. The maximum Gasteiger partial charge on any atom is 0.303 e. The first kappa shape index (κ1) is 20.1. The van der Waals surface area contributed by atoms with Gasteiger partial charge in [-0.2, -0.15) is 0 Å². The minimum absolute atomic E-state index is 0.0181. The van der Waals surface area contributed by atoms with Gasteiger partial charge in [0.25, 0.3) is 0 Å². The van der Waals surface area contributed by atoms with E-state index in [4.69, 9.17) is 9.84 Å². The van der Waals surface area contributed by atoms with E-state index in [2.05, 4.69) is 0 Å². The number of aliphatic carboxylic acids is 1. The molecule has 1 aliphatic carbocycles. The lowest BCUT2D eigenvalue weighted by molar-refractivity contribution is -0.136. The van der Waals surface area contributed by atoms with E-state index >= 15 is 0 Å². The van der Waals surface area contributed by atoms with E-state index in [-0.39, 0.29) is 24.7 Å². The molecule has 0 atom stereocenters. The highest BCUT2D eigenvalue weighted by Gasteiger charge is 2.18. The molecule has 5 heteroatoms. The second-order valence-corrected chi connectivity index (χ2v) is 7.24. The number of halogens is 2. The second kappa shape index (κ2) is 9.00. The summed E-state index contributed by atoms with van der Waals surface area (Å²) in [5.41, 5.74) is 4.26. The zero-order valence-corrected chi connectivity index (χ0v) is 15.9. The van der Waals surface area contributed by atoms with Crippen LogP contribution in [0.25, 0.3) is 0 Å². The van der Waals surface area contributed by atoms with Gasteiger partial charge in [-0.05, 0) is 79.1 Å². The number of allylic oxidation sites excluding steroid dienone is 2. The zero-order valence-electron chi connectivity index (χ0n) is 15.9. The lowest BCUT2D eigenvalue weighted by atomic mass is 10.0. The van der Waals surface area contributed by atoms with E-state index in [1.807, 2.05) is 6.92 Å². The number of carboxylic acid groups (broad SMARTS) is 1. The second-order valence-electron chi connectivity index (χ2n) is 7.24. The van der Waals surface area contributed by atoms with Gasteiger partial charge in [-0.15, -0.1) is 0 Å². The zero-order chi connectivity index (χ0) is 20.1. The Balaban J connectivity index is 1.67. The van der Waals surface area contributed by atoms with Crippen molar-refractivity contribution in [2.45, 2.75) is 52.1 Å². The maximum atomic E-state index is 14.4. The van der Waals surface area contributed by atoms with Crippen molar-refractivity contribution in [3.63, 3.8) is 0 Å². The summed E-state index contributed by atoms with van der Waals surface area (Å²) >= 11 is 0. The third-order valence-corrected chi connectivity index (χ3v) is 5.12. The van der Waals surface area contributed by atoms with E-state index in [0.29, 0.717) is 24.0 Å². The molecule has 148 valence electrons. The van der Waals surface area contributed by atoms with Crippen LogP contribution in [0, 0.1) is 18.6 Å². The average Bonchev–Trinajstić information content (AvgIpc) is 3.09. The van der Waals surface area contributed by atoms with Gasteiger partial charge in [0.1, 0.15) is 18.2 Å². The Hall–Kier alpha value is -2.69. The van der Waals surface area contributed by atoms with Crippen molar-refractivity contribution in [1.29, 1.82) is 0 Å². The third-order valence-electron chi connectivity index (χ3n) is 5.12. The predicted octanol–water partition coefficient (Wildman–Crippen LogP) is 5.49. The predicted molar refractivity (Wildman–Crippen MR) is 103 cm³/mol. The minimum Gasteiger partial charge on any atom is -0.493 e. The van der Waals surface area contributed by atoms with Gasteiger partial charge in [0.15, 0.2) is 0 Å². The van der Waals surface area contributed by atoms with Crippen molar-refractivity contribution < 1.29 is 23.4 Å². The Labute approximate surface area is 163 Å². The normalized spacial score (nSPS) is 13.8. The molecule has 0 bridgehead atoms. The van der Waals surface area contributed by atoms with Crippen LogP contribution in [0.3, 0.4) is 0 Å². The minimum atomic E-state index is -0.894. The first-order valence-corrected chi connectivity index (χ1v) is 9.50. The summed E-state index contributed by atoms with van der Waals surface area (Å²) in [6.45, 7) is 2.00. The Morgan fingerprint density at radius 3 is 2.57 bits per heavy atom. The molecule has 0 saturated carbocycles. The fourth-order valence-electron chi connectivity index (χ4n) is 3.56. The largest absolute Gasteiger partial charge is 0.493 e. The van der Waals surface area contributed by atoms with Crippen LogP contribution in [0.15, 0.2) is 47.7 Å². The quantitative estimate of drug-likeness (QED) is 0.653. The average molecular weight is 386 g/mol. The van der Waals surface area contributed by atoms with E-state index in [1.54, 1.807) is 18.2 Å². The van der Waals surface area contributed by atoms with E-state index in [1.165, 1.54) is 23.8 Å². The van der Waals surface area contributed by atoms with Crippen LogP contribution in [0.5, 0.6) is 0 Å². The fourth-order valence-corrected chi connectivity index (χ4v) is 3.56. The number of hydrogen-bond donors (Lipinski definition) is 1. The maximum absolute atomic E-state index is 14.4. The summed E-state index contributed by atoms with van der Waals surface area (Å²) in [5, 5.41) is 8.80. The molecule has 3 rings (SSSR count). The summed E-state index contributed by atoms with van der Waals surface area (Å²) in [5.74, 6) is -0.617. The number of carbonyl (C=O) groups is 1. The van der Waals surface area contributed by atoms with Crippen molar-refractivity contribution in [2.75, 3.05) is 0 Å². The molecule has 0 heterocycles. The molecular weight excluding hydrogens is 362 g/mol. The summed E-state index contributed by atoms with van der Waals surface area (Å²) in [7, 11) is 0. The number of rotatable bonds is 8. The molecule has 0 radical (unpaired) electrons. The molecule has 0 amide bonds. The van der Waals surface area contributed by atoms with Gasteiger partial charge in [0, 0.05) is 18.4 Å². The molecule has 1 N–H and O–H groups in total. The van der Waals surface area contributed by atoms with Gasteiger partial charge in [-0.3, -0.25) is 4.79 Å². The molecule has 28 heavy (non-hydrogen) atoms. The molecule has 2 aromatic carbocycles. The van der Waals surface area contributed by atoms with Crippen molar-refractivity contribution in [3.05, 3.63) is 81.6 Å². The van der Waals surface area contributed by atoms with Crippen LogP contribution in [-0.4, -0.2) is 11.1 Å². The van der Waals surface area contributed by atoms with Gasteiger partial charge >= 0.3 is 5.97 Å². The van der Waals surface area contributed by atoms with Crippen LogP contribution < -0.4 is 0 Å². The molecule has 0 fully saturated rings. The van der Waals surface area contributed by atoms with Gasteiger partial charge < -0.3 is 9.84 Å². The fraction of sp³-hybridized carbons (Fsp3) is 0.348. The van der Waals surface area contributed by atoms with Gasteiger partial charge in [0.05, 0.1) is 5.76 Å². The summed E-state index contributed by atoms with van der Waals surface area (Å²) in [6, 6.07) is 9.61. The molecule has 0 saturated heterocycles. The number of ether oxygens (including phenoxy) is 1. The lowest BCUT2D eigenvalue weighted by Crippen LogP contribution is -2.03. The van der Waals surface area contributed by atoms with Crippen molar-refractivity contribution in [1.82, 2.24) is 0 Å². The van der Waals surface area contributed by atoms with Crippen LogP contribution in [0.2, 0.25) is 0 Å². The standard InChI is InChI=1S/C23H24F2O3/c1-15-11-19(21(25)13-17(15)7-10-23(26)27)14-28-22-4-2-3-18(22)12-16-5-8-20(24)9-6-16/h5-6,8-9,11,13H,2-4,7,10,12,14H2,1H3,(H,26,27). The Kier molecular flexibility index (Phi) is 6.45. The van der Waals surface area contributed by atoms with Crippen LogP contribution in [-0.2, 0) is 29.0 Å². The Morgan fingerprint density at radius 1 is 1.11 bits per heavy atom. The molecule has 2 aromatic rings. The molecular formula is C23H24F2O3. The summed E-state index contributed by atoms with van der Waals surface area (Å²) in [6.07, 6.45) is 3.77. The summed E-state index contributed by atoms with van der Waals surface area (Å²) in [4.78, 5) is 10.7. The number of carboxylic acids is 1. The molecule has 1 aliphatic rings. The van der Waals surface area contributed by atoms with E-state index in [0.717, 1.165) is 36.1 Å². The van der Waals surface area contributed by atoms with Gasteiger partial charge in [-0.1, -0.05) is 12.1 Å². The molecule has 0 unspecified atom stereocenters. The van der Waals surface area contributed by atoms with E-state index < -0.39 is 5.97 Å². The highest BCUT2D eigenvalue weighted by molar-refractivity contribution is 5.67. The first-order valence-electron chi connectivity index (χ1n) is 9.50. The van der Waals surface area contributed by atoms with Gasteiger partial charge in [-0.25, -0.2) is 8.78 Å². The number of benzene rings is 2. The van der Waals surface area contributed by atoms with E-state index in [9.17, 15) is 13.6 Å². The topological polar surface area (TPSA) is 46.5 Å². The summed E-state index contributed by atoms with van der Waals surface area (Å²) < 4.78 is 33.4. The smallest absolute Gasteiger partial charge is 0.303 e. The Morgan fingerprint density at radius 2 is 1.86 bits per heavy atom. The van der Waals surface area contributed by atoms with Crippen molar-refractivity contribution >= 4 is 5.97 Å². The highest BCUT2D eigenvalue weighted by Crippen LogP contribution is 2.31. The lowest BCUT2D eigenvalue weighted by Gasteiger charge is -2.13. The highest BCUT2D eigenvalue weighted by atomic mass is 19.1.